The number of aryl methyl sites for hydroxylation is 1. The lowest BCUT2D eigenvalue weighted by Crippen LogP contribution is -2.48. The largest absolute Gasteiger partial charge is 0.353 e. The Morgan fingerprint density at radius 3 is 2.52 bits per heavy atom. The number of carbonyl (C=O) groups is 1. The topological polar surface area (TPSA) is 92.5 Å². The van der Waals surface area contributed by atoms with Crippen molar-refractivity contribution in [3.8, 4) is 11.4 Å². The van der Waals surface area contributed by atoms with Crippen LogP contribution in [0.5, 0.6) is 0 Å². The minimum Gasteiger partial charge on any atom is -0.353 e. The van der Waals surface area contributed by atoms with Gasteiger partial charge in [0.15, 0.2) is 5.82 Å². The van der Waals surface area contributed by atoms with Crippen LogP contribution in [0.15, 0.2) is 48.7 Å². The van der Waals surface area contributed by atoms with Crippen LogP contribution in [0.4, 0.5) is 11.5 Å². The lowest BCUT2D eigenvalue weighted by atomic mass is 10.2. The molecule has 0 radical (unpaired) electrons. The third kappa shape index (κ3) is 3.95. The van der Waals surface area contributed by atoms with Crippen molar-refractivity contribution in [2.45, 2.75) is 6.92 Å². The van der Waals surface area contributed by atoms with Crippen LogP contribution in [0.25, 0.3) is 11.4 Å². The maximum atomic E-state index is 12.7. The molecule has 0 aliphatic carbocycles. The summed E-state index contributed by atoms with van der Waals surface area (Å²) in [4.78, 5) is 37.2. The summed E-state index contributed by atoms with van der Waals surface area (Å²) < 4.78 is 0. The first-order valence-electron chi connectivity index (χ1n) is 9.20. The zero-order valence-corrected chi connectivity index (χ0v) is 16.6. The average Bonchev–Trinajstić information content (AvgIpc) is 3.16. The summed E-state index contributed by atoms with van der Waals surface area (Å²) >= 11 is 1.17. The van der Waals surface area contributed by atoms with Crippen molar-refractivity contribution in [1.82, 2.24) is 14.9 Å². The van der Waals surface area contributed by atoms with E-state index in [0.29, 0.717) is 41.8 Å². The molecule has 4 rings (SSSR count). The van der Waals surface area contributed by atoms with Gasteiger partial charge in [-0.15, -0.1) is 11.3 Å². The van der Waals surface area contributed by atoms with Crippen LogP contribution >= 0.6 is 11.3 Å². The van der Waals surface area contributed by atoms with Gasteiger partial charge in [-0.05, 0) is 13.0 Å². The zero-order chi connectivity index (χ0) is 20.4. The van der Waals surface area contributed by atoms with Gasteiger partial charge in [-0.25, -0.2) is 9.97 Å². The van der Waals surface area contributed by atoms with Crippen LogP contribution in [0.2, 0.25) is 0 Å². The smallest absolute Gasteiger partial charge is 0.283 e. The molecule has 0 bridgehead atoms. The highest BCUT2D eigenvalue weighted by molar-refractivity contribution is 7.14. The molecule has 1 aromatic carbocycles. The van der Waals surface area contributed by atoms with Gasteiger partial charge in [-0.1, -0.05) is 30.3 Å². The Morgan fingerprint density at radius 2 is 1.86 bits per heavy atom. The second kappa shape index (κ2) is 7.96. The average molecular weight is 409 g/mol. The van der Waals surface area contributed by atoms with Crippen molar-refractivity contribution in [3.05, 3.63) is 68.5 Å². The van der Waals surface area contributed by atoms with E-state index in [4.69, 9.17) is 0 Å². The number of aromatic nitrogens is 2. The highest BCUT2D eigenvalue weighted by atomic mass is 32.1. The normalized spacial score (nSPS) is 14.1. The Hall–Kier alpha value is -3.33. The number of carbonyl (C=O) groups excluding carboxylic acids is 1. The van der Waals surface area contributed by atoms with Crippen molar-refractivity contribution in [1.29, 1.82) is 0 Å². The number of rotatable bonds is 4. The number of benzene rings is 1. The second-order valence-electron chi connectivity index (χ2n) is 6.69. The van der Waals surface area contributed by atoms with Gasteiger partial charge in [0, 0.05) is 44.0 Å². The molecule has 1 amide bonds. The van der Waals surface area contributed by atoms with Crippen molar-refractivity contribution in [3.63, 3.8) is 0 Å². The molecule has 0 spiro atoms. The fourth-order valence-electron chi connectivity index (χ4n) is 3.31. The van der Waals surface area contributed by atoms with Crippen molar-refractivity contribution < 1.29 is 9.72 Å². The molecule has 8 nitrogen and oxygen atoms in total. The maximum Gasteiger partial charge on any atom is 0.283 e. The summed E-state index contributed by atoms with van der Waals surface area (Å²) in [5.41, 5.74) is 0.962. The fraction of sp³-hybridized carbons (Fsp3) is 0.250. The van der Waals surface area contributed by atoms with E-state index in [-0.39, 0.29) is 11.6 Å². The van der Waals surface area contributed by atoms with E-state index >= 15 is 0 Å². The van der Waals surface area contributed by atoms with Crippen molar-refractivity contribution in [2.75, 3.05) is 31.1 Å². The number of nitrogens with zero attached hydrogens (tertiary/aromatic N) is 5. The van der Waals surface area contributed by atoms with Crippen molar-refractivity contribution >= 4 is 28.7 Å². The Balaban J connectivity index is 1.44. The minimum absolute atomic E-state index is 0.00594. The first-order chi connectivity index (χ1) is 14.0. The van der Waals surface area contributed by atoms with Crippen molar-refractivity contribution in [2.24, 2.45) is 0 Å². The number of amides is 1. The Labute approximate surface area is 171 Å². The lowest BCUT2D eigenvalue weighted by Gasteiger charge is -2.35. The fourth-order valence-corrected chi connectivity index (χ4v) is 4.26. The van der Waals surface area contributed by atoms with Crippen LogP contribution in [0, 0.1) is 17.0 Å². The van der Waals surface area contributed by atoms with Gasteiger partial charge in [-0.2, -0.15) is 0 Å². The molecular formula is C20H19N5O3S. The van der Waals surface area contributed by atoms with Gasteiger partial charge in [-0.3, -0.25) is 14.9 Å². The van der Waals surface area contributed by atoms with Gasteiger partial charge in [0.2, 0.25) is 0 Å². The van der Waals surface area contributed by atoms with Gasteiger partial charge in [0.05, 0.1) is 14.7 Å². The van der Waals surface area contributed by atoms with E-state index in [9.17, 15) is 14.9 Å². The van der Waals surface area contributed by atoms with Gasteiger partial charge in [0.1, 0.15) is 5.82 Å². The molecule has 148 valence electrons. The summed E-state index contributed by atoms with van der Waals surface area (Å²) in [6, 6.07) is 13.0. The van der Waals surface area contributed by atoms with E-state index in [1.807, 2.05) is 36.4 Å². The molecule has 0 saturated carbocycles. The Morgan fingerprint density at radius 1 is 1.14 bits per heavy atom. The summed E-state index contributed by atoms with van der Waals surface area (Å²) in [7, 11) is 0. The van der Waals surface area contributed by atoms with E-state index in [1.54, 1.807) is 18.0 Å². The van der Waals surface area contributed by atoms with E-state index in [0.717, 1.165) is 11.4 Å². The second-order valence-corrected chi connectivity index (χ2v) is 7.95. The molecule has 1 fully saturated rings. The van der Waals surface area contributed by atoms with Gasteiger partial charge in [0.25, 0.3) is 11.6 Å². The predicted molar refractivity (Wildman–Crippen MR) is 111 cm³/mol. The van der Waals surface area contributed by atoms with Gasteiger partial charge >= 0.3 is 0 Å². The Bertz CT molecular complexity index is 1050. The number of hydrogen-bond donors (Lipinski definition) is 0. The zero-order valence-electron chi connectivity index (χ0n) is 15.8. The molecule has 2 aromatic heterocycles. The highest BCUT2D eigenvalue weighted by Gasteiger charge is 2.27. The maximum absolute atomic E-state index is 12.7. The van der Waals surface area contributed by atoms with Crippen LogP contribution in [0.3, 0.4) is 0 Å². The predicted octanol–water partition coefficient (Wildman–Crippen LogP) is 3.38. The number of hydrogen-bond acceptors (Lipinski definition) is 7. The minimum atomic E-state index is -0.444. The van der Waals surface area contributed by atoms with Crippen LogP contribution in [-0.4, -0.2) is 51.9 Å². The molecule has 0 unspecified atom stereocenters. The third-order valence-corrected chi connectivity index (χ3v) is 5.89. The van der Waals surface area contributed by atoms with Crippen LogP contribution < -0.4 is 4.90 Å². The van der Waals surface area contributed by atoms with E-state index < -0.39 is 4.92 Å². The number of anilines is 1. The first kappa shape index (κ1) is 19.0. The molecule has 3 heterocycles. The molecule has 1 aliphatic rings. The molecule has 29 heavy (non-hydrogen) atoms. The third-order valence-electron chi connectivity index (χ3n) is 4.86. The van der Waals surface area contributed by atoms with Crippen LogP contribution in [-0.2, 0) is 0 Å². The highest BCUT2D eigenvalue weighted by Crippen LogP contribution is 2.29. The molecule has 0 N–H and O–H groups in total. The molecule has 3 aromatic rings. The summed E-state index contributed by atoms with van der Waals surface area (Å²) in [6.45, 7) is 4.02. The number of piperazine rings is 1. The van der Waals surface area contributed by atoms with Crippen LogP contribution in [0.1, 0.15) is 14.5 Å². The summed E-state index contributed by atoms with van der Waals surface area (Å²) in [5.74, 6) is 1.34. The SMILES string of the molecule is Cc1sc(C(=O)N2CCN(c3ccnc(-c4ccccc4)n3)CC2)cc1[N+](=O)[O-]. The number of thiophene rings is 1. The Kier molecular flexibility index (Phi) is 5.22. The molecular weight excluding hydrogens is 390 g/mol. The molecule has 1 aliphatic heterocycles. The van der Waals surface area contributed by atoms with E-state index in [1.165, 1.54) is 17.4 Å². The summed E-state index contributed by atoms with van der Waals surface area (Å²) in [5, 5.41) is 11.0. The molecule has 0 atom stereocenters. The first-order valence-corrected chi connectivity index (χ1v) is 10.0. The quantitative estimate of drug-likeness (QED) is 0.484. The lowest BCUT2D eigenvalue weighted by molar-refractivity contribution is -0.385. The van der Waals surface area contributed by atoms with E-state index in [2.05, 4.69) is 14.9 Å². The number of nitro groups is 1. The molecule has 1 saturated heterocycles. The molecule has 9 heteroatoms. The standard InChI is InChI=1S/C20H19N5O3S/c1-14-16(25(27)28)13-17(29-14)20(26)24-11-9-23(10-12-24)18-7-8-21-19(22-18)15-5-3-2-4-6-15/h2-8,13H,9-12H2,1H3. The van der Waals surface area contributed by atoms with Gasteiger partial charge < -0.3 is 9.80 Å². The summed E-state index contributed by atoms with van der Waals surface area (Å²) in [6.07, 6.45) is 1.75. The monoisotopic (exact) mass is 409 g/mol.